The van der Waals surface area contributed by atoms with Gasteiger partial charge in [-0.1, -0.05) is 0 Å². The number of hydrogen-bond acceptors (Lipinski definition) is 4. The maximum atomic E-state index is 13.7. The molecule has 10 heteroatoms. The van der Waals surface area contributed by atoms with Crippen LogP contribution in [0.4, 0.5) is 19.3 Å². The third-order valence-corrected chi connectivity index (χ3v) is 5.78. The molecule has 30 heavy (non-hydrogen) atoms. The molecule has 2 saturated heterocycles. The molecule has 3 fully saturated rings. The maximum Gasteiger partial charge on any atom is 0.319 e. The summed E-state index contributed by atoms with van der Waals surface area (Å²) in [5.74, 6) is -1.66. The van der Waals surface area contributed by atoms with E-state index in [1.165, 1.54) is 0 Å². The number of halogens is 2. The van der Waals surface area contributed by atoms with Crippen LogP contribution in [0.15, 0.2) is 18.2 Å². The number of nitrogens with zero attached hydrogens (tertiary/aromatic N) is 1. The Morgan fingerprint density at radius 2 is 1.97 bits per heavy atom. The molecule has 1 aromatic carbocycles. The van der Waals surface area contributed by atoms with Gasteiger partial charge < -0.3 is 21.3 Å². The summed E-state index contributed by atoms with van der Waals surface area (Å²) in [4.78, 5) is 38.5. The number of rotatable bonds is 6. The quantitative estimate of drug-likeness (QED) is 0.552. The molecule has 162 valence electrons. The number of anilines is 1. The number of urea groups is 1. The second-order valence-electron chi connectivity index (χ2n) is 8.15. The van der Waals surface area contributed by atoms with Crippen LogP contribution in [0.3, 0.4) is 0 Å². The first-order chi connectivity index (χ1) is 14.4. The zero-order valence-corrected chi connectivity index (χ0v) is 16.4. The van der Waals surface area contributed by atoms with Crippen molar-refractivity contribution >= 4 is 23.5 Å². The van der Waals surface area contributed by atoms with Gasteiger partial charge in [0.15, 0.2) is 0 Å². The number of nitrogens with one attached hydrogen (secondary N) is 4. The van der Waals surface area contributed by atoms with Crippen molar-refractivity contribution in [2.75, 3.05) is 18.4 Å². The molecule has 3 atom stereocenters. The van der Waals surface area contributed by atoms with Gasteiger partial charge in [0.2, 0.25) is 11.8 Å². The number of amides is 4. The average molecular weight is 421 g/mol. The molecule has 0 bridgehead atoms. The van der Waals surface area contributed by atoms with Crippen LogP contribution in [0.25, 0.3) is 0 Å². The molecule has 8 nitrogen and oxygen atoms in total. The molecule has 0 unspecified atom stereocenters. The lowest BCUT2D eigenvalue weighted by atomic mass is 10.0. The number of piperazine rings is 1. The number of benzene rings is 1. The molecule has 1 aliphatic carbocycles. The minimum absolute atomic E-state index is 0.0158. The number of hydrogen-bond donors (Lipinski definition) is 4. The van der Waals surface area contributed by atoms with Crippen molar-refractivity contribution in [2.45, 2.75) is 56.3 Å². The van der Waals surface area contributed by atoms with E-state index in [0.29, 0.717) is 44.5 Å². The summed E-state index contributed by atoms with van der Waals surface area (Å²) in [5.41, 5.74) is -0.123. The Hall–Kier alpha value is -2.75. The lowest BCUT2D eigenvalue weighted by Crippen LogP contribution is -2.58. The van der Waals surface area contributed by atoms with Crippen LogP contribution in [0, 0.1) is 11.6 Å². The molecule has 4 amide bonds. The van der Waals surface area contributed by atoms with Gasteiger partial charge in [-0.3, -0.25) is 14.5 Å². The monoisotopic (exact) mass is 421 g/mol. The van der Waals surface area contributed by atoms with E-state index < -0.39 is 17.7 Å². The molecule has 2 aliphatic heterocycles. The van der Waals surface area contributed by atoms with Crippen molar-refractivity contribution in [3.05, 3.63) is 29.8 Å². The fourth-order valence-electron chi connectivity index (χ4n) is 4.11. The Kier molecular flexibility index (Phi) is 5.85. The van der Waals surface area contributed by atoms with Crippen LogP contribution in [0.5, 0.6) is 0 Å². The predicted molar refractivity (Wildman–Crippen MR) is 105 cm³/mol. The number of carbonyl (C=O) groups excluding carboxylic acids is 3. The molecule has 0 spiro atoms. The molecule has 3 aliphatic rings. The summed E-state index contributed by atoms with van der Waals surface area (Å²) in [6.45, 7) is 0.929. The van der Waals surface area contributed by atoms with Crippen molar-refractivity contribution in [2.24, 2.45) is 0 Å². The third-order valence-electron chi connectivity index (χ3n) is 5.78. The van der Waals surface area contributed by atoms with Gasteiger partial charge in [-0.15, -0.1) is 0 Å². The van der Waals surface area contributed by atoms with Crippen LogP contribution in [-0.4, -0.2) is 60.0 Å². The van der Waals surface area contributed by atoms with E-state index in [-0.39, 0.29) is 35.6 Å². The van der Waals surface area contributed by atoms with Crippen LogP contribution in [0.2, 0.25) is 0 Å². The van der Waals surface area contributed by atoms with Gasteiger partial charge in [-0.05, 0) is 37.8 Å². The molecular formula is C20H25F2N5O3. The highest BCUT2D eigenvalue weighted by molar-refractivity contribution is 5.90. The van der Waals surface area contributed by atoms with Crippen molar-refractivity contribution in [1.29, 1.82) is 0 Å². The minimum atomic E-state index is -0.863. The molecule has 1 aromatic rings. The summed E-state index contributed by atoms with van der Waals surface area (Å²) in [6, 6.07) is 1.95. The summed E-state index contributed by atoms with van der Waals surface area (Å²) < 4.78 is 26.7. The Balaban J connectivity index is 1.31. The summed E-state index contributed by atoms with van der Waals surface area (Å²) in [7, 11) is 0. The second kappa shape index (κ2) is 8.55. The standard InChI is InChI=1S/C20H25F2N5O3/c21-11-1-5-16(15(22)7-11)26-20(30)25-13-8-17-19(29)23-9-14(27(17)10-13)4-6-18(28)24-12-2-3-12/h1,5,7,12-14,17H,2-4,6,8-10H2,(H,23,29)(H,24,28)(H2,25,26,30)/t13-,14+,17-/m0/s1. The zero-order chi connectivity index (χ0) is 21.3. The second-order valence-corrected chi connectivity index (χ2v) is 8.15. The number of carbonyl (C=O) groups is 3. The highest BCUT2D eigenvalue weighted by atomic mass is 19.1. The van der Waals surface area contributed by atoms with Gasteiger partial charge in [0, 0.05) is 43.7 Å². The fraction of sp³-hybridized carbons (Fsp3) is 0.550. The van der Waals surface area contributed by atoms with Gasteiger partial charge in [0.05, 0.1) is 11.7 Å². The first kappa shape index (κ1) is 20.5. The molecule has 4 rings (SSSR count). The fourth-order valence-corrected chi connectivity index (χ4v) is 4.11. The maximum absolute atomic E-state index is 13.7. The lowest BCUT2D eigenvalue weighted by Gasteiger charge is -2.37. The van der Waals surface area contributed by atoms with Crippen LogP contribution >= 0.6 is 0 Å². The topological polar surface area (TPSA) is 103 Å². The van der Waals surface area contributed by atoms with Crippen LogP contribution < -0.4 is 21.3 Å². The van der Waals surface area contributed by atoms with E-state index in [4.69, 9.17) is 0 Å². The van der Waals surface area contributed by atoms with Crippen molar-refractivity contribution in [1.82, 2.24) is 20.9 Å². The molecule has 2 heterocycles. The van der Waals surface area contributed by atoms with E-state index in [0.717, 1.165) is 25.0 Å². The Bertz CT molecular complexity index is 848. The van der Waals surface area contributed by atoms with Crippen molar-refractivity contribution in [3.8, 4) is 0 Å². The average Bonchev–Trinajstić information content (AvgIpc) is 3.39. The van der Waals surface area contributed by atoms with E-state index in [2.05, 4.69) is 21.3 Å². The van der Waals surface area contributed by atoms with Gasteiger partial charge in [-0.25, -0.2) is 13.6 Å². The SMILES string of the molecule is O=C(CC[C@@H]1CNC(=O)[C@@H]2C[C@H](NC(=O)Nc3ccc(F)cc3F)CN12)NC1CC1. The predicted octanol–water partition coefficient (Wildman–Crippen LogP) is 1.09. The van der Waals surface area contributed by atoms with Gasteiger partial charge in [0.25, 0.3) is 0 Å². The zero-order valence-electron chi connectivity index (χ0n) is 16.4. The van der Waals surface area contributed by atoms with Gasteiger partial charge in [-0.2, -0.15) is 0 Å². The summed E-state index contributed by atoms with van der Waals surface area (Å²) >= 11 is 0. The van der Waals surface area contributed by atoms with E-state index in [9.17, 15) is 23.2 Å². The molecule has 0 radical (unpaired) electrons. The molecule has 4 N–H and O–H groups in total. The number of fused-ring (bicyclic) bond motifs is 1. The van der Waals surface area contributed by atoms with E-state index >= 15 is 0 Å². The molecule has 0 aromatic heterocycles. The minimum Gasteiger partial charge on any atom is -0.353 e. The highest BCUT2D eigenvalue weighted by Gasteiger charge is 2.43. The van der Waals surface area contributed by atoms with Crippen molar-refractivity contribution < 1.29 is 23.2 Å². The summed E-state index contributed by atoms with van der Waals surface area (Å²) in [5, 5.41) is 11.0. The highest BCUT2D eigenvalue weighted by Crippen LogP contribution is 2.26. The summed E-state index contributed by atoms with van der Waals surface area (Å²) in [6.07, 6.45) is 3.51. The molecule has 1 saturated carbocycles. The first-order valence-corrected chi connectivity index (χ1v) is 10.2. The van der Waals surface area contributed by atoms with Crippen LogP contribution in [-0.2, 0) is 9.59 Å². The Morgan fingerprint density at radius 3 is 2.70 bits per heavy atom. The largest absolute Gasteiger partial charge is 0.353 e. The molecular weight excluding hydrogens is 396 g/mol. The Morgan fingerprint density at radius 1 is 1.17 bits per heavy atom. The van der Waals surface area contributed by atoms with Crippen molar-refractivity contribution in [3.63, 3.8) is 0 Å². The Labute approximate surface area is 172 Å². The van der Waals surface area contributed by atoms with Crippen LogP contribution in [0.1, 0.15) is 32.1 Å². The van der Waals surface area contributed by atoms with E-state index in [1.807, 2.05) is 4.90 Å². The smallest absolute Gasteiger partial charge is 0.319 e. The third kappa shape index (κ3) is 4.86. The van der Waals surface area contributed by atoms with Gasteiger partial charge in [0.1, 0.15) is 11.6 Å². The lowest BCUT2D eigenvalue weighted by molar-refractivity contribution is -0.129. The van der Waals surface area contributed by atoms with Gasteiger partial charge >= 0.3 is 6.03 Å². The van der Waals surface area contributed by atoms with E-state index in [1.54, 1.807) is 0 Å². The normalized spacial score (nSPS) is 25.9. The first-order valence-electron chi connectivity index (χ1n) is 10.2.